The number of aromatic amines is 1. The van der Waals surface area contributed by atoms with Gasteiger partial charge in [-0.2, -0.15) is 5.10 Å². The average Bonchev–Trinajstić information content (AvgIpc) is 2.91. The van der Waals surface area contributed by atoms with Gasteiger partial charge in [0.1, 0.15) is 5.69 Å². The van der Waals surface area contributed by atoms with Crippen molar-refractivity contribution in [2.24, 2.45) is 0 Å². The first kappa shape index (κ1) is 16.5. The number of rotatable bonds is 3. The van der Waals surface area contributed by atoms with Crippen LogP contribution in [0.25, 0.3) is 22.2 Å². The van der Waals surface area contributed by atoms with E-state index >= 15 is 0 Å². The zero-order valence-electron chi connectivity index (χ0n) is 13.4. The van der Waals surface area contributed by atoms with Crippen LogP contribution in [-0.4, -0.2) is 29.2 Å². The van der Waals surface area contributed by atoms with Crippen LogP contribution in [-0.2, 0) is 0 Å². The van der Waals surface area contributed by atoms with Crippen molar-refractivity contribution >= 4 is 23.3 Å². The molecule has 1 heterocycles. The maximum absolute atomic E-state index is 4.57. The summed E-state index contributed by atoms with van der Waals surface area (Å²) in [6.45, 7) is 4.42. The Labute approximate surface area is 137 Å². The highest BCUT2D eigenvalue weighted by Gasteiger charge is 2.19. The summed E-state index contributed by atoms with van der Waals surface area (Å²) in [4.78, 5) is 2.24. The summed E-state index contributed by atoms with van der Waals surface area (Å²) < 4.78 is 0. The molecule has 0 aliphatic heterocycles. The van der Waals surface area contributed by atoms with Gasteiger partial charge >= 0.3 is 0 Å². The lowest BCUT2D eigenvalue weighted by Gasteiger charge is -2.23. The Morgan fingerprint density at radius 2 is 1.73 bits per heavy atom. The number of nitrogens with one attached hydrogen (secondary N) is 1. The van der Waals surface area contributed by atoms with Crippen LogP contribution < -0.4 is 0 Å². The first-order chi connectivity index (χ1) is 10.1. The van der Waals surface area contributed by atoms with Gasteiger partial charge in [-0.3, -0.25) is 5.10 Å². The lowest BCUT2D eigenvalue weighted by atomic mass is 9.94. The van der Waals surface area contributed by atoms with Gasteiger partial charge in [0.15, 0.2) is 0 Å². The fourth-order valence-electron chi connectivity index (χ4n) is 2.85. The summed E-state index contributed by atoms with van der Waals surface area (Å²) in [6.07, 6.45) is 0. The van der Waals surface area contributed by atoms with E-state index in [0.29, 0.717) is 6.04 Å². The van der Waals surface area contributed by atoms with Crippen molar-refractivity contribution in [2.75, 3.05) is 14.1 Å². The van der Waals surface area contributed by atoms with E-state index in [1.165, 1.54) is 16.5 Å². The lowest BCUT2D eigenvalue weighted by Crippen LogP contribution is -2.18. The van der Waals surface area contributed by atoms with Gasteiger partial charge in [-0.25, -0.2) is 0 Å². The van der Waals surface area contributed by atoms with Crippen molar-refractivity contribution in [3.8, 4) is 11.3 Å². The minimum Gasteiger partial charge on any atom is -0.303 e. The smallest absolute Gasteiger partial charge is 0.100 e. The van der Waals surface area contributed by atoms with E-state index < -0.39 is 0 Å². The van der Waals surface area contributed by atoms with E-state index in [0.717, 1.165) is 16.8 Å². The standard InChI is InChI=1S/C18H21N3.ClH/c1-12-10-11-15-17(16(12)13(2)21(3)4)18(20-19-15)14-8-6-5-7-9-14;/h5-11,13H,1-4H3,(H,19,20);1H. The van der Waals surface area contributed by atoms with Crippen LogP contribution in [0.15, 0.2) is 42.5 Å². The molecule has 0 spiro atoms. The Morgan fingerprint density at radius 3 is 2.36 bits per heavy atom. The molecule has 0 radical (unpaired) electrons. The molecule has 0 bridgehead atoms. The molecular formula is C18H22ClN3. The minimum atomic E-state index is 0. The number of H-pyrrole nitrogens is 1. The molecule has 3 nitrogen and oxygen atoms in total. The van der Waals surface area contributed by atoms with Gasteiger partial charge in [0.05, 0.1) is 5.52 Å². The number of fused-ring (bicyclic) bond motifs is 1. The van der Waals surface area contributed by atoms with Crippen LogP contribution in [0, 0.1) is 6.92 Å². The van der Waals surface area contributed by atoms with E-state index in [2.05, 4.69) is 79.4 Å². The zero-order chi connectivity index (χ0) is 15.0. The van der Waals surface area contributed by atoms with Gasteiger partial charge in [0.2, 0.25) is 0 Å². The molecule has 0 aliphatic rings. The molecule has 22 heavy (non-hydrogen) atoms. The average molecular weight is 316 g/mol. The van der Waals surface area contributed by atoms with Crippen LogP contribution >= 0.6 is 12.4 Å². The van der Waals surface area contributed by atoms with Crippen LogP contribution in [0.3, 0.4) is 0 Å². The van der Waals surface area contributed by atoms with Crippen LogP contribution in [0.2, 0.25) is 0 Å². The second kappa shape index (κ2) is 6.51. The minimum absolute atomic E-state index is 0. The van der Waals surface area contributed by atoms with Crippen molar-refractivity contribution in [3.05, 3.63) is 53.6 Å². The Bertz CT molecular complexity index is 763. The molecule has 0 amide bonds. The topological polar surface area (TPSA) is 31.9 Å². The molecule has 1 atom stereocenters. The van der Waals surface area contributed by atoms with Gasteiger partial charge in [0, 0.05) is 17.0 Å². The first-order valence-electron chi connectivity index (χ1n) is 7.29. The number of hydrogen-bond acceptors (Lipinski definition) is 2. The third-order valence-electron chi connectivity index (χ3n) is 4.23. The van der Waals surface area contributed by atoms with Crippen molar-refractivity contribution in [1.82, 2.24) is 15.1 Å². The maximum Gasteiger partial charge on any atom is 0.100 e. The van der Waals surface area contributed by atoms with Gasteiger partial charge < -0.3 is 4.90 Å². The number of aryl methyl sites for hydroxylation is 1. The summed E-state index contributed by atoms with van der Waals surface area (Å²) >= 11 is 0. The fourth-order valence-corrected chi connectivity index (χ4v) is 2.85. The van der Waals surface area contributed by atoms with E-state index in [9.17, 15) is 0 Å². The Hall–Kier alpha value is -1.84. The molecule has 2 aromatic carbocycles. The first-order valence-corrected chi connectivity index (χ1v) is 7.29. The summed E-state index contributed by atoms with van der Waals surface area (Å²) in [5, 5.41) is 8.98. The van der Waals surface area contributed by atoms with Gasteiger partial charge in [-0.15, -0.1) is 12.4 Å². The normalized spacial score (nSPS) is 12.4. The van der Waals surface area contributed by atoms with Crippen LogP contribution in [0.1, 0.15) is 24.1 Å². The van der Waals surface area contributed by atoms with E-state index in [4.69, 9.17) is 0 Å². The van der Waals surface area contributed by atoms with Crippen LogP contribution in [0.4, 0.5) is 0 Å². The number of aromatic nitrogens is 2. The highest BCUT2D eigenvalue weighted by atomic mass is 35.5. The number of halogens is 1. The Kier molecular flexibility index (Phi) is 4.89. The van der Waals surface area contributed by atoms with Crippen molar-refractivity contribution in [1.29, 1.82) is 0 Å². The predicted molar refractivity (Wildman–Crippen MR) is 95.6 cm³/mol. The molecule has 0 fully saturated rings. The van der Waals surface area contributed by atoms with Crippen molar-refractivity contribution in [2.45, 2.75) is 19.9 Å². The number of nitrogens with zero attached hydrogens (tertiary/aromatic N) is 2. The van der Waals surface area contributed by atoms with Gasteiger partial charge in [-0.05, 0) is 45.1 Å². The Balaban J connectivity index is 0.00000176. The fraction of sp³-hybridized carbons (Fsp3) is 0.278. The SMILES string of the molecule is Cc1ccc2[nH]nc(-c3ccccc3)c2c1C(C)N(C)C.Cl. The molecule has 0 saturated carbocycles. The largest absolute Gasteiger partial charge is 0.303 e. The lowest BCUT2D eigenvalue weighted by molar-refractivity contribution is 0.322. The third kappa shape index (κ3) is 2.74. The highest BCUT2D eigenvalue weighted by Crippen LogP contribution is 2.35. The molecule has 4 heteroatoms. The molecule has 1 N–H and O–H groups in total. The zero-order valence-corrected chi connectivity index (χ0v) is 14.2. The highest BCUT2D eigenvalue weighted by molar-refractivity contribution is 5.96. The summed E-state index contributed by atoms with van der Waals surface area (Å²) in [7, 11) is 4.23. The predicted octanol–water partition coefficient (Wildman–Crippen LogP) is 4.58. The molecule has 3 rings (SSSR count). The summed E-state index contributed by atoms with van der Waals surface area (Å²) in [5.41, 5.74) is 5.95. The monoisotopic (exact) mass is 315 g/mol. The van der Waals surface area contributed by atoms with Crippen LogP contribution in [0.5, 0.6) is 0 Å². The Morgan fingerprint density at radius 1 is 1.05 bits per heavy atom. The third-order valence-corrected chi connectivity index (χ3v) is 4.23. The molecule has 0 aliphatic carbocycles. The molecule has 116 valence electrons. The number of benzene rings is 2. The number of hydrogen-bond donors (Lipinski definition) is 1. The molecular weight excluding hydrogens is 294 g/mol. The second-order valence-corrected chi connectivity index (χ2v) is 5.80. The summed E-state index contributed by atoms with van der Waals surface area (Å²) in [6, 6.07) is 15.0. The van der Waals surface area contributed by atoms with E-state index in [-0.39, 0.29) is 12.4 Å². The van der Waals surface area contributed by atoms with Gasteiger partial charge in [-0.1, -0.05) is 36.4 Å². The molecule has 3 aromatic rings. The summed E-state index contributed by atoms with van der Waals surface area (Å²) in [5.74, 6) is 0. The van der Waals surface area contributed by atoms with Gasteiger partial charge in [0.25, 0.3) is 0 Å². The second-order valence-electron chi connectivity index (χ2n) is 5.80. The van der Waals surface area contributed by atoms with E-state index in [1.807, 2.05) is 6.07 Å². The van der Waals surface area contributed by atoms with Crippen molar-refractivity contribution < 1.29 is 0 Å². The molecule has 0 saturated heterocycles. The maximum atomic E-state index is 4.57. The molecule has 1 aromatic heterocycles. The van der Waals surface area contributed by atoms with E-state index in [1.54, 1.807) is 0 Å². The molecule has 1 unspecified atom stereocenters. The van der Waals surface area contributed by atoms with Crippen molar-refractivity contribution in [3.63, 3.8) is 0 Å². The quantitative estimate of drug-likeness (QED) is 0.767.